The smallest absolute Gasteiger partial charge is 0.207 e. The molecule has 1 heterocycles. The Kier molecular flexibility index (Phi) is 4.93. The van der Waals surface area contributed by atoms with Gasteiger partial charge in [0.1, 0.15) is 5.82 Å². The van der Waals surface area contributed by atoms with Gasteiger partial charge < -0.3 is 9.88 Å². The quantitative estimate of drug-likeness (QED) is 0.534. The summed E-state index contributed by atoms with van der Waals surface area (Å²) in [4.78, 5) is 15.1. The average molecular weight is 328 g/mol. The Hall–Kier alpha value is -2.33. The van der Waals surface area contributed by atoms with Gasteiger partial charge in [0.2, 0.25) is 6.41 Å². The summed E-state index contributed by atoms with van der Waals surface area (Å²) in [6.45, 7) is 1.42. The number of rotatable bonds is 7. The molecule has 0 radical (unpaired) electrons. The third kappa shape index (κ3) is 3.71. The summed E-state index contributed by atoms with van der Waals surface area (Å²) in [5.74, 6) is 1.04. The molecule has 118 valence electrons. The number of aromatic nitrogens is 2. The molecule has 1 amide bonds. The van der Waals surface area contributed by atoms with E-state index in [0.717, 1.165) is 47.7 Å². The van der Waals surface area contributed by atoms with E-state index >= 15 is 0 Å². The van der Waals surface area contributed by atoms with Gasteiger partial charge in [0, 0.05) is 24.5 Å². The number of aryl methyl sites for hydroxylation is 1. The number of para-hydroxylation sites is 2. The van der Waals surface area contributed by atoms with Crippen molar-refractivity contribution in [2.24, 2.45) is 0 Å². The van der Waals surface area contributed by atoms with Gasteiger partial charge in [-0.25, -0.2) is 4.98 Å². The second kappa shape index (κ2) is 7.29. The Morgan fingerprint density at radius 3 is 2.70 bits per heavy atom. The zero-order valence-corrected chi connectivity index (χ0v) is 13.5. The summed E-state index contributed by atoms with van der Waals surface area (Å²) < 4.78 is 2.24. The topological polar surface area (TPSA) is 46.9 Å². The number of nitrogens with one attached hydrogen (secondary N) is 1. The van der Waals surface area contributed by atoms with Crippen LogP contribution in [0.15, 0.2) is 48.5 Å². The zero-order valence-electron chi connectivity index (χ0n) is 12.7. The molecule has 1 aromatic heterocycles. The van der Waals surface area contributed by atoms with Gasteiger partial charge in [-0.1, -0.05) is 35.9 Å². The maximum Gasteiger partial charge on any atom is 0.207 e. The number of hydrogen-bond donors (Lipinski definition) is 1. The standard InChI is InChI=1S/C18H18ClN3O/c19-15-9-7-14(8-10-15)12-22-17-5-2-1-4-16(17)21-18(22)6-3-11-20-13-23/h1-2,4-5,7-10,13H,3,6,11-12H2,(H,20,23). The van der Waals surface area contributed by atoms with Crippen LogP contribution in [0.3, 0.4) is 0 Å². The average Bonchev–Trinajstić information content (AvgIpc) is 2.92. The summed E-state index contributed by atoms with van der Waals surface area (Å²) in [6.07, 6.45) is 2.42. The van der Waals surface area contributed by atoms with E-state index in [1.807, 2.05) is 42.5 Å². The highest BCUT2D eigenvalue weighted by Gasteiger charge is 2.10. The van der Waals surface area contributed by atoms with Gasteiger partial charge in [-0.15, -0.1) is 0 Å². The molecule has 3 aromatic rings. The number of fused-ring (bicyclic) bond motifs is 1. The zero-order chi connectivity index (χ0) is 16.1. The molecule has 0 unspecified atom stereocenters. The molecule has 2 aromatic carbocycles. The molecule has 0 bridgehead atoms. The van der Waals surface area contributed by atoms with Crippen LogP contribution >= 0.6 is 11.6 Å². The van der Waals surface area contributed by atoms with Crippen LogP contribution in [0.25, 0.3) is 11.0 Å². The Balaban J connectivity index is 1.88. The molecule has 23 heavy (non-hydrogen) atoms. The molecule has 0 atom stereocenters. The van der Waals surface area contributed by atoms with E-state index in [4.69, 9.17) is 16.6 Å². The lowest BCUT2D eigenvalue weighted by Gasteiger charge is -2.10. The number of halogens is 1. The van der Waals surface area contributed by atoms with E-state index in [1.165, 1.54) is 5.56 Å². The van der Waals surface area contributed by atoms with E-state index < -0.39 is 0 Å². The normalized spacial score (nSPS) is 10.8. The number of nitrogens with zero attached hydrogens (tertiary/aromatic N) is 2. The number of carbonyl (C=O) groups is 1. The summed E-state index contributed by atoms with van der Waals surface area (Å²) in [5, 5.41) is 3.44. The van der Waals surface area contributed by atoms with Gasteiger partial charge in [0.25, 0.3) is 0 Å². The van der Waals surface area contributed by atoms with Crippen LogP contribution in [0, 0.1) is 0 Å². The lowest BCUT2D eigenvalue weighted by molar-refractivity contribution is -0.109. The molecule has 0 fully saturated rings. The largest absolute Gasteiger partial charge is 0.359 e. The van der Waals surface area contributed by atoms with E-state index in [2.05, 4.69) is 16.0 Å². The van der Waals surface area contributed by atoms with Crippen molar-refractivity contribution in [1.82, 2.24) is 14.9 Å². The molecule has 0 saturated heterocycles. The molecule has 3 rings (SSSR count). The molecule has 0 aliphatic heterocycles. The second-order valence-corrected chi connectivity index (χ2v) is 5.84. The Morgan fingerprint density at radius 1 is 1.13 bits per heavy atom. The Labute approximate surface area is 140 Å². The molecular formula is C18H18ClN3O. The van der Waals surface area contributed by atoms with E-state index in [0.29, 0.717) is 6.54 Å². The van der Waals surface area contributed by atoms with Crippen molar-refractivity contribution in [2.45, 2.75) is 19.4 Å². The van der Waals surface area contributed by atoms with Crippen LogP contribution in [0.2, 0.25) is 5.02 Å². The predicted molar refractivity (Wildman–Crippen MR) is 92.7 cm³/mol. The minimum absolute atomic E-state index is 0.660. The highest BCUT2D eigenvalue weighted by Crippen LogP contribution is 2.19. The number of hydrogen-bond acceptors (Lipinski definition) is 2. The van der Waals surface area contributed by atoms with Crippen LogP contribution in [0.5, 0.6) is 0 Å². The Bertz CT molecular complexity index is 796. The predicted octanol–water partition coefficient (Wildman–Crippen LogP) is 3.42. The number of carbonyl (C=O) groups excluding carboxylic acids is 1. The summed E-state index contributed by atoms with van der Waals surface area (Å²) in [6, 6.07) is 16.0. The molecule has 0 aliphatic carbocycles. The van der Waals surface area contributed by atoms with Crippen molar-refractivity contribution in [2.75, 3.05) is 6.54 Å². The van der Waals surface area contributed by atoms with Gasteiger partial charge >= 0.3 is 0 Å². The third-order valence-electron chi connectivity index (χ3n) is 3.79. The summed E-state index contributed by atoms with van der Waals surface area (Å²) in [5.41, 5.74) is 3.31. The first-order valence-corrected chi connectivity index (χ1v) is 8.01. The fourth-order valence-corrected chi connectivity index (χ4v) is 2.80. The first-order valence-electron chi connectivity index (χ1n) is 7.63. The van der Waals surface area contributed by atoms with Gasteiger partial charge in [-0.2, -0.15) is 0 Å². The molecule has 0 saturated carbocycles. The molecule has 0 aliphatic rings. The molecule has 5 heteroatoms. The minimum atomic E-state index is 0.660. The Morgan fingerprint density at radius 2 is 1.91 bits per heavy atom. The van der Waals surface area contributed by atoms with Crippen molar-refractivity contribution in [3.8, 4) is 0 Å². The fraction of sp³-hybridized carbons (Fsp3) is 0.222. The van der Waals surface area contributed by atoms with Crippen molar-refractivity contribution in [1.29, 1.82) is 0 Å². The van der Waals surface area contributed by atoms with Crippen molar-refractivity contribution in [3.05, 3.63) is 64.9 Å². The van der Waals surface area contributed by atoms with Gasteiger partial charge in [-0.05, 0) is 36.2 Å². The lowest BCUT2D eigenvalue weighted by Crippen LogP contribution is -2.14. The number of imidazole rings is 1. The van der Waals surface area contributed by atoms with E-state index in [1.54, 1.807) is 0 Å². The second-order valence-electron chi connectivity index (χ2n) is 5.40. The van der Waals surface area contributed by atoms with Crippen LogP contribution < -0.4 is 5.32 Å². The minimum Gasteiger partial charge on any atom is -0.359 e. The number of benzene rings is 2. The van der Waals surface area contributed by atoms with Crippen molar-refractivity contribution >= 4 is 29.0 Å². The fourth-order valence-electron chi connectivity index (χ4n) is 2.67. The first kappa shape index (κ1) is 15.6. The van der Waals surface area contributed by atoms with Crippen molar-refractivity contribution < 1.29 is 4.79 Å². The maximum absolute atomic E-state index is 10.3. The lowest BCUT2D eigenvalue weighted by atomic mass is 10.2. The van der Waals surface area contributed by atoms with Crippen LogP contribution in [-0.4, -0.2) is 22.5 Å². The monoisotopic (exact) mass is 327 g/mol. The number of amides is 1. The van der Waals surface area contributed by atoms with Crippen LogP contribution in [0.4, 0.5) is 0 Å². The summed E-state index contributed by atoms with van der Waals surface area (Å²) >= 11 is 5.96. The summed E-state index contributed by atoms with van der Waals surface area (Å²) in [7, 11) is 0. The first-order chi connectivity index (χ1) is 11.3. The molecular weight excluding hydrogens is 310 g/mol. The van der Waals surface area contributed by atoms with Gasteiger partial charge in [0.05, 0.1) is 11.0 Å². The molecule has 1 N–H and O–H groups in total. The molecule has 0 spiro atoms. The van der Waals surface area contributed by atoms with Gasteiger partial charge in [0.15, 0.2) is 0 Å². The van der Waals surface area contributed by atoms with Crippen molar-refractivity contribution in [3.63, 3.8) is 0 Å². The van der Waals surface area contributed by atoms with E-state index in [-0.39, 0.29) is 0 Å². The van der Waals surface area contributed by atoms with Crippen LogP contribution in [-0.2, 0) is 17.8 Å². The third-order valence-corrected chi connectivity index (χ3v) is 4.04. The maximum atomic E-state index is 10.3. The molecule has 4 nitrogen and oxygen atoms in total. The SMILES string of the molecule is O=CNCCCc1nc2ccccc2n1Cc1ccc(Cl)cc1. The van der Waals surface area contributed by atoms with E-state index in [9.17, 15) is 4.79 Å². The highest BCUT2D eigenvalue weighted by molar-refractivity contribution is 6.30. The van der Waals surface area contributed by atoms with Crippen LogP contribution in [0.1, 0.15) is 17.8 Å². The highest BCUT2D eigenvalue weighted by atomic mass is 35.5. The van der Waals surface area contributed by atoms with Gasteiger partial charge in [-0.3, -0.25) is 4.79 Å².